The maximum absolute atomic E-state index is 3.52. The quantitative estimate of drug-likeness (QED) is 0.893. The molecule has 18 heavy (non-hydrogen) atoms. The first-order valence-corrected chi connectivity index (χ1v) is 6.90. The van der Waals surface area contributed by atoms with Crippen LogP contribution >= 0.6 is 15.9 Å². The Balaban J connectivity index is 2.11. The average Bonchev–Trinajstić information content (AvgIpc) is 2.58. The summed E-state index contributed by atoms with van der Waals surface area (Å²) in [7, 11) is 2.11. The molecule has 96 valence electrons. The van der Waals surface area contributed by atoms with E-state index < -0.39 is 0 Å². The zero-order chi connectivity index (χ0) is 13.3. The van der Waals surface area contributed by atoms with Crippen molar-refractivity contribution in [2.75, 3.05) is 5.32 Å². The van der Waals surface area contributed by atoms with E-state index in [1.807, 2.05) is 0 Å². The van der Waals surface area contributed by atoms with Crippen LogP contribution in [-0.4, -0.2) is 4.57 Å². The van der Waals surface area contributed by atoms with Crippen LogP contribution in [-0.2, 0) is 13.6 Å². The Morgan fingerprint density at radius 2 is 1.89 bits per heavy atom. The number of nitrogens with one attached hydrogen (secondary N) is 1. The number of benzene rings is 1. The third-order valence-corrected chi connectivity index (χ3v) is 4.41. The lowest BCUT2D eigenvalue weighted by Crippen LogP contribution is -2.01. The van der Waals surface area contributed by atoms with E-state index in [1.165, 1.54) is 22.5 Å². The Labute approximate surface area is 117 Å². The fourth-order valence-electron chi connectivity index (χ4n) is 2.06. The molecule has 0 amide bonds. The van der Waals surface area contributed by atoms with Crippen molar-refractivity contribution in [2.24, 2.45) is 7.05 Å². The minimum absolute atomic E-state index is 0.870. The molecule has 0 saturated carbocycles. The van der Waals surface area contributed by atoms with Gasteiger partial charge in [0.15, 0.2) is 0 Å². The fraction of sp³-hybridized carbons (Fsp3) is 0.333. The first-order valence-electron chi connectivity index (χ1n) is 6.11. The van der Waals surface area contributed by atoms with Gasteiger partial charge in [0.05, 0.1) is 0 Å². The molecule has 0 radical (unpaired) electrons. The largest absolute Gasteiger partial charge is 0.381 e. The first kappa shape index (κ1) is 13.2. The van der Waals surface area contributed by atoms with E-state index in [0.717, 1.165) is 16.7 Å². The van der Waals surface area contributed by atoms with Crippen LogP contribution in [0, 0.1) is 20.8 Å². The van der Waals surface area contributed by atoms with Crippen LogP contribution in [0.5, 0.6) is 0 Å². The van der Waals surface area contributed by atoms with Crippen LogP contribution in [0.4, 0.5) is 5.69 Å². The fourth-order valence-corrected chi connectivity index (χ4v) is 2.31. The second-order valence-corrected chi connectivity index (χ2v) is 5.63. The molecule has 0 aliphatic heterocycles. The van der Waals surface area contributed by atoms with Gasteiger partial charge in [0, 0.05) is 35.1 Å². The van der Waals surface area contributed by atoms with Crippen molar-refractivity contribution in [1.82, 2.24) is 4.57 Å². The lowest BCUT2D eigenvalue weighted by atomic mass is 10.2. The van der Waals surface area contributed by atoms with Crippen LogP contribution in [0.1, 0.15) is 22.5 Å². The number of aromatic nitrogens is 1. The van der Waals surface area contributed by atoms with E-state index in [0.29, 0.717) is 0 Å². The topological polar surface area (TPSA) is 17.0 Å². The molecule has 0 fully saturated rings. The highest BCUT2D eigenvalue weighted by molar-refractivity contribution is 9.10. The molecule has 0 unspecified atom stereocenters. The third-order valence-electron chi connectivity index (χ3n) is 3.52. The molecule has 1 aromatic heterocycles. The summed E-state index contributed by atoms with van der Waals surface area (Å²) < 4.78 is 3.38. The van der Waals surface area contributed by atoms with Crippen molar-refractivity contribution in [2.45, 2.75) is 27.3 Å². The summed E-state index contributed by atoms with van der Waals surface area (Å²) >= 11 is 3.52. The monoisotopic (exact) mass is 306 g/mol. The summed E-state index contributed by atoms with van der Waals surface area (Å²) in [4.78, 5) is 0. The number of hydrogen-bond donors (Lipinski definition) is 1. The maximum atomic E-state index is 3.52. The van der Waals surface area contributed by atoms with Crippen LogP contribution in [0.3, 0.4) is 0 Å². The predicted octanol–water partition coefficient (Wildman–Crippen LogP) is 4.32. The van der Waals surface area contributed by atoms with Gasteiger partial charge in [0.2, 0.25) is 0 Å². The summed E-state index contributed by atoms with van der Waals surface area (Å²) in [5.41, 5.74) is 6.40. The number of rotatable bonds is 3. The number of hydrogen-bond acceptors (Lipinski definition) is 1. The Morgan fingerprint density at radius 3 is 2.44 bits per heavy atom. The van der Waals surface area contributed by atoms with Gasteiger partial charge in [-0.2, -0.15) is 0 Å². The molecule has 2 rings (SSSR count). The van der Waals surface area contributed by atoms with Crippen LogP contribution in [0.15, 0.2) is 28.7 Å². The van der Waals surface area contributed by atoms with Gasteiger partial charge < -0.3 is 9.88 Å². The highest BCUT2D eigenvalue weighted by Crippen LogP contribution is 2.21. The minimum atomic E-state index is 0.870. The summed E-state index contributed by atoms with van der Waals surface area (Å²) in [6.07, 6.45) is 0. The summed E-state index contributed by atoms with van der Waals surface area (Å²) in [5.74, 6) is 0. The summed E-state index contributed by atoms with van der Waals surface area (Å²) in [6, 6.07) is 8.59. The second kappa shape index (κ2) is 5.19. The van der Waals surface area contributed by atoms with E-state index >= 15 is 0 Å². The molecule has 0 saturated heterocycles. The van der Waals surface area contributed by atoms with Gasteiger partial charge in [0.25, 0.3) is 0 Å². The Morgan fingerprint density at radius 1 is 1.17 bits per heavy atom. The molecule has 0 bridgehead atoms. The number of halogens is 1. The van der Waals surface area contributed by atoms with Crippen LogP contribution in [0.2, 0.25) is 0 Å². The lowest BCUT2D eigenvalue weighted by molar-refractivity contribution is 0.837. The Kier molecular flexibility index (Phi) is 3.81. The van der Waals surface area contributed by atoms with E-state index in [2.05, 4.69) is 77.9 Å². The minimum Gasteiger partial charge on any atom is -0.381 e. The molecule has 1 heterocycles. The SMILES string of the molecule is Cc1cc(NCc2cc(C)n(C)c2C)ccc1Br. The first-order chi connectivity index (χ1) is 8.49. The highest BCUT2D eigenvalue weighted by Gasteiger charge is 2.05. The molecule has 0 atom stereocenters. The van der Waals surface area contributed by atoms with E-state index in [4.69, 9.17) is 0 Å². The van der Waals surface area contributed by atoms with Crippen molar-refractivity contribution >= 4 is 21.6 Å². The maximum Gasteiger partial charge on any atom is 0.0418 e. The van der Waals surface area contributed by atoms with Crippen molar-refractivity contribution < 1.29 is 0 Å². The molecule has 0 spiro atoms. The third kappa shape index (κ3) is 2.61. The highest BCUT2D eigenvalue weighted by atomic mass is 79.9. The van der Waals surface area contributed by atoms with Crippen molar-refractivity contribution in [3.05, 3.63) is 51.3 Å². The number of nitrogens with zero attached hydrogens (tertiary/aromatic N) is 1. The number of aryl methyl sites for hydroxylation is 2. The molecule has 3 heteroatoms. The molecule has 1 N–H and O–H groups in total. The smallest absolute Gasteiger partial charge is 0.0418 e. The van der Waals surface area contributed by atoms with Crippen molar-refractivity contribution in [3.8, 4) is 0 Å². The van der Waals surface area contributed by atoms with Crippen molar-refractivity contribution in [3.63, 3.8) is 0 Å². The zero-order valence-electron chi connectivity index (χ0n) is 11.3. The molecule has 1 aromatic carbocycles. The van der Waals surface area contributed by atoms with E-state index in [9.17, 15) is 0 Å². The molecular formula is C15H19BrN2. The van der Waals surface area contributed by atoms with Crippen LogP contribution < -0.4 is 5.32 Å². The summed E-state index contributed by atoms with van der Waals surface area (Å²) in [5, 5.41) is 3.48. The van der Waals surface area contributed by atoms with Gasteiger partial charge in [-0.05, 0) is 56.2 Å². The van der Waals surface area contributed by atoms with Gasteiger partial charge in [-0.1, -0.05) is 15.9 Å². The average molecular weight is 307 g/mol. The molecule has 2 nitrogen and oxygen atoms in total. The van der Waals surface area contributed by atoms with E-state index in [1.54, 1.807) is 0 Å². The molecule has 0 aliphatic carbocycles. The van der Waals surface area contributed by atoms with Crippen molar-refractivity contribution in [1.29, 1.82) is 0 Å². The van der Waals surface area contributed by atoms with E-state index in [-0.39, 0.29) is 0 Å². The zero-order valence-corrected chi connectivity index (χ0v) is 12.9. The molecule has 2 aromatic rings. The van der Waals surface area contributed by atoms with Crippen LogP contribution in [0.25, 0.3) is 0 Å². The molecular weight excluding hydrogens is 288 g/mol. The standard InChI is InChI=1S/C15H19BrN2/c1-10-7-14(5-6-15(10)16)17-9-13-8-11(2)18(4)12(13)3/h5-8,17H,9H2,1-4H3. The normalized spacial score (nSPS) is 10.7. The molecule has 0 aliphatic rings. The number of anilines is 1. The van der Waals surface area contributed by atoms with Gasteiger partial charge >= 0.3 is 0 Å². The van der Waals surface area contributed by atoms with Gasteiger partial charge in [-0.3, -0.25) is 0 Å². The van der Waals surface area contributed by atoms with Gasteiger partial charge in [-0.25, -0.2) is 0 Å². The lowest BCUT2D eigenvalue weighted by Gasteiger charge is -2.08. The van der Waals surface area contributed by atoms with Gasteiger partial charge in [0.1, 0.15) is 0 Å². The second-order valence-electron chi connectivity index (χ2n) is 4.77. The Bertz CT molecular complexity index is 570. The summed E-state index contributed by atoms with van der Waals surface area (Å²) in [6.45, 7) is 7.28. The Hall–Kier alpha value is -1.22. The predicted molar refractivity (Wildman–Crippen MR) is 81.1 cm³/mol. The van der Waals surface area contributed by atoms with Gasteiger partial charge in [-0.15, -0.1) is 0 Å².